The Bertz CT molecular complexity index is 241. The van der Waals surface area contributed by atoms with E-state index in [0.717, 1.165) is 18.9 Å². The molecule has 0 bridgehead atoms. The van der Waals surface area contributed by atoms with Gasteiger partial charge in [-0.3, -0.25) is 0 Å². The molecule has 0 heterocycles. The average Bonchev–Trinajstić information content (AvgIpc) is 2.15. The molecule has 0 saturated carbocycles. The zero-order valence-electron chi connectivity index (χ0n) is 8.42. The zero-order chi connectivity index (χ0) is 9.68. The molecule has 0 spiro atoms. The van der Waals surface area contributed by atoms with Crippen molar-refractivity contribution >= 4 is 0 Å². The van der Waals surface area contributed by atoms with Crippen molar-refractivity contribution in [3.63, 3.8) is 0 Å². The van der Waals surface area contributed by atoms with E-state index in [1.54, 1.807) is 0 Å². The van der Waals surface area contributed by atoms with Crippen molar-refractivity contribution in [3.05, 3.63) is 29.8 Å². The highest BCUT2D eigenvalue weighted by atomic mass is 16.5. The Hall–Kier alpha value is -1.02. The molecule has 0 radical (unpaired) electrons. The first-order valence-corrected chi connectivity index (χ1v) is 4.73. The van der Waals surface area contributed by atoms with E-state index in [2.05, 4.69) is 31.7 Å². The van der Waals surface area contributed by atoms with Gasteiger partial charge in [-0.15, -0.1) is 0 Å². The van der Waals surface area contributed by atoms with Crippen molar-refractivity contribution in [1.29, 1.82) is 0 Å². The lowest BCUT2D eigenvalue weighted by atomic mass is 10.2. The molecule has 0 amide bonds. The molecule has 0 aliphatic rings. The van der Waals surface area contributed by atoms with Crippen LogP contribution in [-0.2, 0) is 6.54 Å². The summed E-state index contributed by atoms with van der Waals surface area (Å²) in [5.41, 5.74) is 5.07. The maximum absolute atomic E-state index is 5.55. The minimum absolute atomic E-state index is 0.576. The number of ether oxygens (including phenoxy) is 1. The van der Waals surface area contributed by atoms with Gasteiger partial charge >= 0.3 is 0 Å². The molecule has 0 aromatic heterocycles. The summed E-state index contributed by atoms with van der Waals surface area (Å²) in [5, 5.41) is 0. The van der Waals surface area contributed by atoms with Gasteiger partial charge in [0, 0.05) is 5.56 Å². The van der Waals surface area contributed by atoms with Crippen molar-refractivity contribution < 1.29 is 10.5 Å². The Morgan fingerprint density at radius 1 is 1.23 bits per heavy atom. The standard InChI is InChI=1S/C11H17NO/c1-9(2)8-13-11-5-3-10(7-12)4-6-11/h3-6,9H,7-8,12H2,1-2H3/p+1. The molecule has 1 aromatic rings. The Morgan fingerprint density at radius 3 is 2.31 bits per heavy atom. The number of rotatable bonds is 4. The van der Waals surface area contributed by atoms with Crippen LogP contribution in [0.25, 0.3) is 0 Å². The fourth-order valence-corrected chi connectivity index (χ4v) is 1.02. The van der Waals surface area contributed by atoms with E-state index in [0.29, 0.717) is 5.92 Å². The summed E-state index contributed by atoms with van der Waals surface area (Å²) in [6.07, 6.45) is 0. The molecule has 0 saturated heterocycles. The van der Waals surface area contributed by atoms with E-state index in [-0.39, 0.29) is 0 Å². The van der Waals surface area contributed by atoms with Gasteiger partial charge in [-0.25, -0.2) is 0 Å². The van der Waals surface area contributed by atoms with Crippen LogP contribution in [0.15, 0.2) is 24.3 Å². The summed E-state index contributed by atoms with van der Waals surface area (Å²) < 4.78 is 5.55. The van der Waals surface area contributed by atoms with Gasteiger partial charge in [0.25, 0.3) is 0 Å². The van der Waals surface area contributed by atoms with Gasteiger partial charge in [0.15, 0.2) is 0 Å². The largest absolute Gasteiger partial charge is 0.493 e. The first-order valence-electron chi connectivity index (χ1n) is 4.73. The number of quaternary nitrogens is 1. The van der Waals surface area contributed by atoms with Crippen LogP contribution in [0.3, 0.4) is 0 Å². The molecule has 0 atom stereocenters. The third-order valence-corrected chi connectivity index (χ3v) is 1.80. The predicted molar refractivity (Wildman–Crippen MR) is 53.4 cm³/mol. The van der Waals surface area contributed by atoms with Gasteiger partial charge in [-0.1, -0.05) is 13.8 Å². The number of hydrogen-bond acceptors (Lipinski definition) is 1. The van der Waals surface area contributed by atoms with Crippen molar-refractivity contribution in [2.24, 2.45) is 5.92 Å². The van der Waals surface area contributed by atoms with Gasteiger partial charge < -0.3 is 10.5 Å². The fraction of sp³-hybridized carbons (Fsp3) is 0.455. The van der Waals surface area contributed by atoms with Crippen molar-refractivity contribution in [2.45, 2.75) is 20.4 Å². The Morgan fingerprint density at radius 2 is 1.85 bits per heavy atom. The molecule has 0 fully saturated rings. The van der Waals surface area contributed by atoms with Gasteiger partial charge in [0.2, 0.25) is 0 Å². The van der Waals surface area contributed by atoms with Crippen molar-refractivity contribution in [1.82, 2.24) is 0 Å². The van der Waals surface area contributed by atoms with Crippen LogP contribution in [0, 0.1) is 5.92 Å². The molecule has 1 rings (SSSR count). The zero-order valence-corrected chi connectivity index (χ0v) is 8.42. The molecular weight excluding hydrogens is 162 g/mol. The highest BCUT2D eigenvalue weighted by molar-refractivity contribution is 5.26. The molecule has 0 aliphatic heterocycles. The van der Waals surface area contributed by atoms with Gasteiger partial charge in [-0.05, 0) is 30.2 Å². The lowest BCUT2D eigenvalue weighted by molar-refractivity contribution is -0.386. The Balaban J connectivity index is 2.49. The molecule has 2 heteroatoms. The van der Waals surface area contributed by atoms with Crippen molar-refractivity contribution in [3.8, 4) is 5.75 Å². The lowest BCUT2D eigenvalue weighted by Crippen LogP contribution is -2.47. The molecule has 0 aliphatic carbocycles. The third kappa shape index (κ3) is 3.47. The first-order chi connectivity index (χ1) is 6.22. The molecule has 1 aromatic carbocycles. The minimum Gasteiger partial charge on any atom is -0.493 e. The molecule has 0 unspecified atom stereocenters. The summed E-state index contributed by atoms with van der Waals surface area (Å²) in [7, 11) is 0. The monoisotopic (exact) mass is 180 g/mol. The second kappa shape index (κ2) is 4.87. The van der Waals surface area contributed by atoms with Crippen molar-refractivity contribution in [2.75, 3.05) is 6.61 Å². The van der Waals surface area contributed by atoms with E-state index in [9.17, 15) is 0 Å². The lowest BCUT2D eigenvalue weighted by Gasteiger charge is -2.08. The van der Waals surface area contributed by atoms with Gasteiger partial charge in [0.1, 0.15) is 5.75 Å². The normalized spacial score (nSPS) is 10.5. The first kappa shape index (κ1) is 10.1. The quantitative estimate of drug-likeness (QED) is 0.748. The molecule has 3 N–H and O–H groups in total. The second-order valence-corrected chi connectivity index (χ2v) is 3.60. The summed E-state index contributed by atoms with van der Waals surface area (Å²) in [5.74, 6) is 1.53. The summed E-state index contributed by atoms with van der Waals surface area (Å²) in [6.45, 7) is 5.91. The average molecular weight is 180 g/mol. The van der Waals surface area contributed by atoms with E-state index >= 15 is 0 Å². The number of hydrogen-bond donors (Lipinski definition) is 1. The Kier molecular flexibility index (Phi) is 3.77. The molecule has 2 nitrogen and oxygen atoms in total. The predicted octanol–water partition coefficient (Wildman–Crippen LogP) is 1.46. The summed E-state index contributed by atoms with van der Waals surface area (Å²) in [6, 6.07) is 8.12. The number of benzene rings is 1. The topological polar surface area (TPSA) is 36.9 Å². The smallest absolute Gasteiger partial charge is 0.119 e. The van der Waals surface area contributed by atoms with Crippen LogP contribution < -0.4 is 10.5 Å². The third-order valence-electron chi connectivity index (χ3n) is 1.80. The molecule has 72 valence electrons. The van der Waals surface area contributed by atoms with E-state index < -0.39 is 0 Å². The fourth-order valence-electron chi connectivity index (χ4n) is 1.02. The maximum atomic E-state index is 5.55. The molecular formula is C11H18NO+. The molecule has 13 heavy (non-hydrogen) atoms. The maximum Gasteiger partial charge on any atom is 0.119 e. The van der Waals surface area contributed by atoms with Crippen LogP contribution in [0.1, 0.15) is 19.4 Å². The summed E-state index contributed by atoms with van der Waals surface area (Å²) >= 11 is 0. The second-order valence-electron chi connectivity index (χ2n) is 3.60. The van der Waals surface area contributed by atoms with Crippen LogP contribution in [0.5, 0.6) is 5.75 Å². The van der Waals surface area contributed by atoms with E-state index in [1.807, 2.05) is 12.1 Å². The Labute approximate surface area is 79.7 Å². The van der Waals surface area contributed by atoms with Crippen LogP contribution in [-0.4, -0.2) is 6.61 Å². The van der Waals surface area contributed by atoms with Gasteiger partial charge in [0.05, 0.1) is 13.2 Å². The minimum atomic E-state index is 0.576. The summed E-state index contributed by atoms with van der Waals surface area (Å²) in [4.78, 5) is 0. The highest BCUT2D eigenvalue weighted by Gasteiger charge is 1.97. The van der Waals surface area contributed by atoms with Crippen LogP contribution >= 0.6 is 0 Å². The van der Waals surface area contributed by atoms with E-state index in [1.165, 1.54) is 5.56 Å². The van der Waals surface area contributed by atoms with Gasteiger partial charge in [-0.2, -0.15) is 0 Å². The SMILES string of the molecule is CC(C)COc1ccc(C[NH3+])cc1. The van der Waals surface area contributed by atoms with E-state index in [4.69, 9.17) is 4.74 Å². The van der Waals surface area contributed by atoms with Crippen LogP contribution in [0.4, 0.5) is 0 Å². The van der Waals surface area contributed by atoms with Crippen LogP contribution in [0.2, 0.25) is 0 Å². The highest BCUT2D eigenvalue weighted by Crippen LogP contribution is 2.12.